The lowest BCUT2D eigenvalue weighted by Gasteiger charge is -2.29. The lowest BCUT2D eigenvalue weighted by molar-refractivity contribution is -0.137. The third-order valence-electron chi connectivity index (χ3n) is 10.3. The largest absolute Gasteiger partial charge is 0.382 e. The number of fused-ring (bicyclic) bond motifs is 3. The summed E-state index contributed by atoms with van der Waals surface area (Å²) in [5.41, 5.74) is 8.54. The average molecular weight is 762 g/mol. The van der Waals surface area contributed by atoms with Crippen LogP contribution in [0.1, 0.15) is 84.0 Å². The highest BCUT2D eigenvalue weighted by atomic mass is 16.2. The summed E-state index contributed by atoms with van der Waals surface area (Å²) in [7, 11) is 0. The van der Waals surface area contributed by atoms with E-state index in [0.717, 1.165) is 62.1 Å². The van der Waals surface area contributed by atoms with E-state index < -0.39 is 11.9 Å². The van der Waals surface area contributed by atoms with Crippen molar-refractivity contribution in [3.63, 3.8) is 0 Å². The number of anilines is 2. The van der Waals surface area contributed by atoms with Crippen LogP contribution in [0.15, 0.2) is 79.1 Å². The number of aryl methyl sites for hydroxylation is 1. The topological polar surface area (TPSA) is 162 Å². The Morgan fingerprint density at radius 3 is 2.47 bits per heavy atom. The van der Waals surface area contributed by atoms with Gasteiger partial charge in [0.15, 0.2) is 0 Å². The van der Waals surface area contributed by atoms with Crippen molar-refractivity contribution in [1.82, 2.24) is 25.5 Å². The normalized spacial score (nSPS) is 15.8. The molecule has 0 saturated carbocycles. The highest BCUT2D eigenvalue weighted by Gasteiger charge is 2.39. The van der Waals surface area contributed by atoms with Crippen molar-refractivity contribution in [2.24, 2.45) is 0 Å². The van der Waals surface area contributed by atoms with Crippen LogP contribution in [0.25, 0.3) is 33.2 Å². The molecule has 3 aliphatic heterocycles. The Kier molecular flexibility index (Phi) is 11.4. The maximum atomic E-state index is 13.1. The first kappa shape index (κ1) is 38.4. The van der Waals surface area contributed by atoms with Crippen LogP contribution in [0.3, 0.4) is 0 Å². The van der Waals surface area contributed by atoms with Crippen molar-refractivity contribution in [3.8, 4) is 34.2 Å². The van der Waals surface area contributed by atoms with Gasteiger partial charge >= 0.3 is 0 Å². The Morgan fingerprint density at radius 1 is 0.877 bits per heavy atom. The quantitative estimate of drug-likeness (QED) is 0.0861. The second-order valence-electron chi connectivity index (χ2n) is 13.7. The molecule has 0 spiro atoms. The molecule has 1 unspecified atom stereocenters. The number of imide groups is 1. The van der Waals surface area contributed by atoms with E-state index in [0.29, 0.717) is 43.5 Å². The molecule has 0 bridgehead atoms. The molecular weight excluding hydrogens is 719 g/mol. The van der Waals surface area contributed by atoms with Crippen molar-refractivity contribution in [2.45, 2.75) is 65.5 Å². The van der Waals surface area contributed by atoms with Crippen LogP contribution >= 0.6 is 0 Å². The second-order valence-corrected chi connectivity index (χ2v) is 13.7. The van der Waals surface area contributed by atoms with Crippen molar-refractivity contribution in [1.29, 1.82) is 0 Å². The molecule has 5 heterocycles. The van der Waals surface area contributed by atoms with Crippen LogP contribution in [0, 0.1) is 11.8 Å². The minimum atomic E-state index is -0.691. The number of hydrogen-bond donors (Lipinski definition) is 4. The van der Waals surface area contributed by atoms with Gasteiger partial charge in [-0.15, -0.1) is 0 Å². The SMILES string of the molecule is CC.CCc1ccc(-c2cccc3cc(-c4ccc(C(=O)NCCC#Cc5cccc6c5CN(C5CCC(=O)NC5=O)C6=O)nc4)ncc23)c2c1NC(=O)CCN2. The third-order valence-corrected chi connectivity index (χ3v) is 10.3. The molecule has 5 amide bonds. The predicted molar refractivity (Wildman–Crippen MR) is 219 cm³/mol. The molecule has 1 fully saturated rings. The first-order valence-electron chi connectivity index (χ1n) is 19.4. The van der Waals surface area contributed by atoms with Gasteiger partial charge in [-0.25, -0.2) is 0 Å². The summed E-state index contributed by atoms with van der Waals surface area (Å²) >= 11 is 0. The van der Waals surface area contributed by atoms with Gasteiger partial charge in [-0.1, -0.05) is 69.0 Å². The minimum absolute atomic E-state index is 0.000362. The van der Waals surface area contributed by atoms with Gasteiger partial charge in [-0.3, -0.25) is 39.3 Å². The summed E-state index contributed by atoms with van der Waals surface area (Å²) in [6.45, 7) is 7.17. The van der Waals surface area contributed by atoms with Gasteiger partial charge < -0.3 is 20.9 Å². The van der Waals surface area contributed by atoms with Gasteiger partial charge in [-0.05, 0) is 65.3 Å². The summed E-state index contributed by atoms with van der Waals surface area (Å²) in [5, 5.41) is 13.7. The number of nitrogens with one attached hydrogen (secondary N) is 4. The van der Waals surface area contributed by atoms with Crippen LogP contribution in [0.2, 0.25) is 0 Å². The molecule has 12 heteroatoms. The Labute approximate surface area is 330 Å². The molecular formula is C45H43N7O5. The first-order chi connectivity index (χ1) is 27.8. The van der Waals surface area contributed by atoms with E-state index in [1.54, 1.807) is 24.4 Å². The number of pyridine rings is 2. The Balaban J connectivity index is 0.00000244. The molecule has 3 aromatic carbocycles. The van der Waals surface area contributed by atoms with E-state index in [9.17, 15) is 24.0 Å². The monoisotopic (exact) mass is 761 g/mol. The minimum Gasteiger partial charge on any atom is -0.382 e. The van der Waals surface area contributed by atoms with Gasteiger partial charge in [0.05, 0.1) is 17.1 Å². The second kappa shape index (κ2) is 16.9. The van der Waals surface area contributed by atoms with E-state index >= 15 is 0 Å². The lowest BCUT2D eigenvalue weighted by atomic mass is 9.94. The molecule has 0 aliphatic carbocycles. The molecule has 8 rings (SSSR count). The van der Waals surface area contributed by atoms with Gasteiger partial charge in [0.1, 0.15) is 11.7 Å². The summed E-state index contributed by atoms with van der Waals surface area (Å²) in [6, 6.07) is 20.4. The molecule has 4 N–H and O–H groups in total. The fraction of sp³-hybridized carbons (Fsp3) is 0.267. The van der Waals surface area contributed by atoms with E-state index in [1.165, 1.54) is 4.90 Å². The number of amides is 5. The standard InChI is InChI=1S/C43H37N7O5.C2H6/c1-2-25-12-14-30(40-39(25)48-38(52)18-20-44-40)29-10-6-9-27-21-35(47-23-32(27)29)28-13-15-34(46-22-28)41(53)45-19-4-3-7-26-8-5-11-31-33(26)24-50(43(31)55)36-16-17-37(51)49-42(36)54;1-2/h5-6,8-15,21-23,36,44H,2,4,16-20,24H2,1H3,(H,45,53)(H,48,52)(H,49,51,54);1-2H3. The fourth-order valence-corrected chi connectivity index (χ4v) is 7.43. The van der Waals surface area contributed by atoms with Crippen LogP contribution in [0.5, 0.6) is 0 Å². The summed E-state index contributed by atoms with van der Waals surface area (Å²) in [6.07, 6.45) is 5.55. The lowest BCUT2D eigenvalue weighted by Crippen LogP contribution is -2.52. The summed E-state index contributed by atoms with van der Waals surface area (Å²) in [5.74, 6) is 4.84. The van der Waals surface area contributed by atoms with Crippen LogP contribution in [-0.4, -0.2) is 63.5 Å². The number of carbonyl (C=O) groups excluding carboxylic acids is 5. The molecule has 1 saturated heterocycles. The average Bonchev–Trinajstić information content (AvgIpc) is 3.43. The van der Waals surface area contributed by atoms with Crippen molar-refractivity contribution in [3.05, 3.63) is 107 Å². The van der Waals surface area contributed by atoms with E-state index in [2.05, 4.69) is 63.2 Å². The number of piperidine rings is 1. The van der Waals surface area contributed by atoms with Crippen LogP contribution in [-0.2, 0) is 27.3 Å². The number of benzene rings is 3. The highest BCUT2D eigenvalue weighted by molar-refractivity contribution is 6.07. The molecule has 12 nitrogen and oxygen atoms in total. The maximum Gasteiger partial charge on any atom is 0.269 e. The van der Waals surface area contributed by atoms with E-state index in [1.807, 2.05) is 50.4 Å². The zero-order valence-electron chi connectivity index (χ0n) is 32.1. The van der Waals surface area contributed by atoms with Gasteiger partial charge in [0, 0.05) is 78.9 Å². The predicted octanol–water partition coefficient (Wildman–Crippen LogP) is 6.24. The molecule has 5 aromatic rings. The smallest absolute Gasteiger partial charge is 0.269 e. The van der Waals surface area contributed by atoms with Gasteiger partial charge in [-0.2, -0.15) is 0 Å². The fourth-order valence-electron chi connectivity index (χ4n) is 7.43. The molecule has 2 aromatic heterocycles. The summed E-state index contributed by atoms with van der Waals surface area (Å²) in [4.78, 5) is 73.1. The Hall–Kier alpha value is -6.87. The zero-order valence-corrected chi connectivity index (χ0v) is 32.1. The van der Waals surface area contributed by atoms with E-state index in [4.69, 9.17) is 4.98 Å². The Bertz CT molecular complexity index is 2480. The molecule has 0 radical (unpaired) electrons. The van der Waals surface area contributed by atoms with Gasteiger partial charge in [0.2, 0.25) is 17.7 Å². The van der Waals surface area contributed by atoms with Crippen molar-refractivity contribution >= 4 is 51.7 Å². The van der Waals surface area contributed by atoms with Crippen LogP contribution < -0.4 is 21.3 Å². The number of carbonyl (C=O) groups is 5. The number of hydrogen-bond acceptors (Lipinski definition) is 8. The highest BCUT2D eigenvalue weighted by Crippen LogP contribution is 2.41. The Morgan fingerprint density at radius 2 is 1.68 bits per heavy atom. The number of aromatic nitrogens is 2. The molecule has 57 heavy (non-hydrogen) atoms. The van der Waals surface area contributed by atoms with E-state index in [-0.39, 0.29) is 42.3 Å². The molecule has 1 atom stereocenters. The third kappa shape index (κ3) is 7.82. The van der Waals surface area contributed by atoms with Crippen LogP contribution in [0.4, 0.5) is 11.4 Å². The zero-order chi connectivity index (χ0) is 40.1. The number of rotatable bonds is 7. The maximum absolute atomic E-state index is 13.1. The number of nitrogens with zero attached hydrogens (tertiary/aromatic N) is 3. The van der Waals surface area contributed by atoms with Gasteiger partial charge in [0.25, 0.3) is 11.8 Å². The molecule has 3 aliphatic rings. The summed E-state index contributed by atoms with van der Waals surface area (Å²) < 4.78 is 0. The van der Waals surface area contributed by atoms with Crippen molar-refractivity contribution < 1.29 is 24.0 Å². The van der Waals surface area contributed by atoms with Crippen molar-refractivity contribution in [2.75, 3.05) is 23.7 Å². The first-order valence-corrected chi connectivity index (χ1v) is 19.4. The molecule has 288 valence electrons.